The van der Waals surface area contributed by atoms with Crippen LogP contribution < -0.4 is 0 Å². The van der Waals surface area contributed by atoms with Crippen molar-refractivity contribution in [2.75, 3.05) is 0 Å². The lowest BCUT2D eigenvalue weighted by Gasteiger charge is -2.07. The number of carboxylic acid groups (broad SMARTS) is 1. The summed E-state index contributed by atoms with van der Waals surface area (Å²) in [7, 11) is 0. The Balaban J connectivity index is 2.50. The number of nitrogens with zero attached hydrogens (tertiary/aromatic N) is 2. The number of halogens is 2. The summed E-state index contributed by atoms with van der Waals surface area (Å²) in [6.45, 7) is -0.168. The maximum Gasteiger partial charge on any atom is 0.323 e. The van der Waals surface area contributed by atoms with E-state index in [1.807, 2.05) is 0 Å². The fourth-order valence-electron chi connectivity index (χ4n) is 1.50. The maximum atomic E-state index is 10.7. The number of hydrogen-bond donors (Lipinski definition) is 1. The molecule has 0 bridgehead atoms. The van der Waals surface area contributed by atoms with E-state index in [2.05, 4.69) is 4.98 Å². The molecule has 6 heteroatoms. The van der Waals surface area contributed by atoms with Gasteiger partial charge in [0, 0.05) is 18.0 Å². The molecule has 0 radical (unpaired) electrons. The Labute approximate surface area is 107 Å². The monoisotopic (exact) mass is 270 g/mol. The summed E-state index contributed by atoms with van der Waals surface area (Å²) in [5.74, 6) is -0.456. The lowest BCUT2D eigenvalue weighted by atomic mass is 10.2. The zero-order chi connectivity index (χ0) is 12.4. The highest BCUT2D eigenvalue weighted by Gasteiger charge is 2.13. The summed E-state index contributed by atoms with van der Waals surface area (Å²) in [6.07, 6.45) is 3.11. The molecule has 2 aromatic rings. The molecule has 0 aliphatic heterocycles. The quantitative estimate of drug-likeness (QED) is 0.933. The molecular formula is C11H8Cl2N2O2. The summed E-state index contributed by atoms with van der Waals surface area (Å²) in [5, 5.41) is 9.55. The Morgan fingerprint density at radius 3 is 2.88 bits per heavy atom. The highest BCUT2D eigenvalue weighted by molar-refractivity contribution is 6.43. The molecule has 1 aromatic heterocycles. The van der Waals surface area contributed by atoms with Crippen molar-refractivity contribution in [1.82, 2.24) is 9.55 Å². The average molecular weight is 271 g/mol. The van der Waals surface area contributed by atoms with E-state index in [0.29, 0.717) is 21.4 Å². The first-order valence-electron chi connectivity index (χ1n) is 4.77. The molecule has 0 fully saturated rings. The third-order valence-corrected chi connectivity index (χ3v) is 3.03. The number of aromatic nitrogens is 2. The molecule has 1 aromatic carbocycles. The largest absolute Gasteiger partial charge is 0.480 e. The first-order valence-corrected chi connectivity index (χ1v) is 5.52. The molecule has 88 valence electrons. The molecule has 0 unspecified atom stereocenters. The van der Waals surface area contributed by atoms with Crippen molar-refractivity contribution < 1.29 is 9.90 Å². The molecule has 0 amide bonds. The summed E-state index contributed by atoms with van der Waals surface area (Å²) in [5.41, 5.74) is 0.616. The van der Waals surface area contributed by atoms with Gasteiger partial charge in [-0.15, -0.1) is 0 Å². The molecule has 0 aliphatic carbocycles. The minimum atomic E-state index is -0.942. The van der Waals surface area contributed by atoms with Gasteiger partial charge < -0.3 is 9.67 Å². The van der Waals surface area contributed by atoms with Gasteiger partial charge in [0.1, 0.15) is 12.4 Å². The summed E-state index contributed by atoms with van der Waals surface area (Å²) in [4.78, 5) is 14.8. The average Bonchev–Trinajstić information content (AvgIpc) is 2.69. The van der Waals surface area contributed by atoms with Crippen molar-refractivity contribution in [3.8, 4) is 11.4 Å². The molecule has 0 atom stereocenters. The first kappa shape index (κ1) is 12.0. The smallest absolute Gasteiger partial charge is 0.323 e. The lowest BCUT2D eigenvalue weighted by Crippen LogP contribution is -2.09. The van der Waals surface area contributed by atoms with E-state index in [1.54, 1.807) is 24.4 Å². The van der Waals surface area contributed by atoms with Crippen LogP contribution in [0.2, 0.25) is 10.0 Å². The van der Waals surface area contributed by atoms with Crippen LogP contribution in [0.25, 0.3) is 11.4 Å². The van der Waals surface area contributed by atoms with Gasteiger partial charge in [0.25, 0.3) is 0 Å². The van der Waals surface area contributed by atoms with E-state index in [4.69, 9.17) is 28.3 Å². The predicted octanol–water partition coefficient (Wildman–Crippen LogP) is 2.94. The lowest BCUT2D eigenvalue weighted by molar-refractivity contribution is -0.137. The van der Waals surface area contributed by atoms with Gasteiger partial charge in [-0.25, -0.2) is 4.98 Å². The SMILES string of the molecule is O=C(O)Cn1ccnc1-c1cccc(Cl)c1Cl. The molecule has 0 aliphatic rings. The van der Waals surface area contributed by atoms with Crippen molar-refractivity contribution in [2.24, 2.45) is 0 Å². The molecular weight excluding hydrogens is 263 g/mol. The van der Waals surface area contributed by atoms with Gasteiger partial charge >= 0.3 is 5.97 Å². The summed E-state index contributed by atoms with van der Waals surface area (Å²) < 4.78 is 1.50. The summed E-state index contributed by atoms with van der Waals surface area (Å²) in [6, 6.07) is 5.15. The highest BCUT2D eigenvalue weighted by atomic mass is 35.5. The van der Waals surface area contributed by atoms with Crippen molar-refractivity contribution in [3.05, 3.63) is 40.6 Å². The zero-order valence-electron chi connectivity index (χ0n) is 8.60. The Hall–Kier alpha value is -1.52. The molecule has 2 rings (SSSR count). The second-order valence-corrected chi connectivity index (χ2v) is 4.16. The van der Waals surface area contributed by atoms with Crippen LogP contribution in [0, 0.1) is 0 Å². The highest BCUT2D eigenvalue weighted by Crippen LogP contribution is 2.32. The van der Waals surface area contributed by atoms with Gasteiger partial charge in [-0.1, -0.05) is 29.3 Å². The Bertz CT molecular complexity index is 566. The van der Waals surface area contributed by atoms with E-state index in [-0.39, 0.29) is 6.54 Å². The fourth-order valence-corrected chi connectivity index (χ4v) is 1.89. The fraction of sp³-hybridized carbons (Fsp3) is 0.0909. The molecule has 0 saturated carbocycles. The number of benzene rings is 1. The van der Waals surface area contributed by atoms with Crippen LogP contribution in [-0.2, 0) is 11.3 Å². The van der Waals surface area contributed by atoms with E-state index >= 15 is 0 Å². The van der Waals surface area contributed by atoms with Gasteiger partial charge in [-0.2, -0.15) is 0 Å². The minimum absolute atomic E-state index is 0.168. The predicted molar refractivity (Wildman–Crippen MR) is 65.3 cm³/mol. The van der Waals surface area contributed by atoms with Crippen molar-refractivity contribution in [1.29, 1.82) is 0 Å². The van der Waals surface area contributed by atoms with Gasteiger partial charge in [0.2, 0.25) is 0 Å². The molecule has 0 spiro atoms. The first-order chi connectivity index (χ1) is 8.09. The van der Waals surface area contributed by atoms with E-state index < -0.39 is 5.97 Å². The van der Waals surface area contributed by atoms with E-state index in [0.717, 1.165) is 0 Å². The van der Waals surface area contributed by atoms with Gasteiger partial charge in [-0.3, -0.25) is 4.79 Å². The number of aliphatic carboxylic acids is 1. The van der Waals surface area contributed by atoms with Gasteiger partial charge in [0.15, 0.2) is 0 Å². The van der Waals surface area contributed by atoms with E-state index in [1.165, 1.54) is 10.8 Å². The van der Waals surface area contributed by atoms with Gasteiger partial charge in [0.05, 0.1) is 10.0 Å². The van der Waals surface area contributed by atoms with Crippen molar-refractivity contribution >= 4 is 29.2 Å². The topological polar surface area (TPSA) is 55.1 Å². The van der Waals surface area contributed by atoms with Crippen molar-refractivity contribution in [3.63, 3.8) is 0 Å². The van der Waals surface area contributed by atoms with Crippen molar-refractivity contribution in [2.45, 2.75) is 6.54 Å². The van der Waals surface area contributed by atoms with Gasteiger partial charge in [-0.05, 0) is 12.1 Å². The number of carboxylic acids is 1. The third-order valence-electron chi connectivity index (χ3n) is 2.21. The summed E-state index contributed by atoms with van der Waals surface area (Å²) >= 11 is 12.0. The van der Waals surface area contributed by atoms with Crippen LogP contribution in [0.4, 0.5) is 0 Å². The molecule has 4 nitrogen and oxygen atoms in total. The Morgan fingerprint density at radius 1 is 1.41 bits per heavy atom. The van der Waals surface area contributed by atoms with Crippen LogP contribution in [0.5, 0.6) is 0 Å². The second-order valence-electron chi connectivity index (χ2n) is 3.37. The number of carbonyl (C=O) groups is 1. The number of imidazole rings is 1. The maximum absolute atomic E-state index is 10.7. The number of hydrogen-bond acceptors (Lipinski definition) is 2. The Morgan fingerprint density at radius 2 is 2.18 bits per heavy atom. The zero-order valence-corrected chi connectivity index (χ0v) is 10.1. The standard InChI is InChI=1S/C11H8Cl2N2O2/c12-8-3-1-2-7(10(8)13)11-14-4-5-15(11)6-9(16)17/h1-5H,6H2,(H,16,17). The van der Waals surface area contributed by atoms with Crippen LogP contribution >= 0.6 is 23.2 Å². The molecule has 1 N–H and O–H groups in total. The number of rotatable bonds is 3. The second kappa shape index (κ2) is 4.77. The Kier molecular flexibility index (Phi) is 3.36. The molecule has 17 heavy (non-hydrogen) atoms. The minimum Gasteiger partial charge on any atom is -0.480 e. The normalized spacial score (nSPS) is 10.5. The van der Waals surface area contributed by atoms with Crippen LogP contribution in [0.3, 0.4) is 0 Å². The van der Waals surface area contributed by atoms with Crippen LogP contribution in [0.1, 0.15) is 0 Å². The van der Waals surface area contributed by atoms with E-state index in [9.17, 15) is 4.79 Å². The van der Waals surface area contributed by atoms with Crippen LogP contribution in [0.15, 0.2) is 30.6 Å². The third kappa shape index (κ3) is 2.43. The molecule has 1 heterocycles. The molecule has 0 saturated heterocycles. The van der Waals surface area contributed by atoms with Crippen LogP contribution in [-0.4, -0.2) is 20.6 Å².